The average Bonchev–Trinajstić information content (AvgIpc) is 2.38. The maximum absolute atomic E-state index is 12.1. The number of nitrogens with one attached hydrogen (secondary N) is 1. The minimum absolute atomic E-state index is 0.323. The molecule has 0 aliphatic carbocycles. The van der Waals surface area contributed by atoms with E-state index in [0.29, 0.717) is 11.3 Å². The van der Waals surface area contributed by atoms with Crippen molar-refractivity contribution >= 4 is 11.6 Å². The molecule has 2 aromatic carbocycles. The van der Waals surface area contributed by atoms with Gasteiger partial charge < -0.3 is 10.1 Å². The summed E-state index contributed by atoms with van der Waals surface area (Å²) < 4.78 is 39.9. The maximum atomic E-state index is 12.1. The van der Waals surface area contributed by atoms with Crippen molar-refractivity contribution in [1.29, 1.82) is 0 Å². The van der Waals surface area contributed by atoms with E-state index in [2.05, 4.69) is 10.1 Å². The van der Waals surface area contributed by atoms with E-state index in [9.17, 15) is 18.0 Å². The lowest BCUT2D eigenvalue weighted by atomic mass is 10.1. The fraction of sp³-hybridized carbons (Fsp3) is 0.188. The SMILES string of the molecule is Cc1cc(C)cc(C(=O)Nc2ccc(OC(F)(F)F)cc2)c1. The number of hydrogen-bond donors (Lipinski definition) is 1. The van der Waals surface area contributed by atoms with Crippen molar-refractivity contribution < 1.29 is 22.7 Å². The summed E-state index contributed by atoms with van der Waals surface area (Å²) in [5, 5.41) is 2.63. The molecule has 1 N–H and O–H groups in total. The van der Waals surface area contributed by atoms with Gasteiger partial charge in [0.2, 0.25) is 0 Å². The Morgan fingerprint density at radius 2 is 1.55 bits per heavy atom. The summed E-state index contributed by atoms with van der Waals surface area (Å²) in [6.07, 6.45) is -4.73. The van der Waals surface area contributed by atoms with Crippen LogP contribution in [0.3, 0.4) is 0 Å². The van der Waals surface area contributed by atoms with Crippen LogP contribution in [0.25, 0.3) is 0 Å². The summed E-state index contributed by atoms with van der Waals surface area (Å²) in [7, 11) is 0. The molecule has 0 saturated heterocycles. The number of hydrogen-bond acceptors (Lipinski definition) is 2. The fourth-order valence-electron chi connectivity index (χ4n) is 2.05. The van der Waals surface area contributed by atoms with Crippen LogP contribution < -0.4 is 10.1 Å². The van der Waals surface area contributed by atoms with E-state index in [1.807, 2.05) is 19.9 Å². The maximum Gasteiger partial charge on any atom is 0.573 e. The molecule has 1 amide bonds. The molecule has 0 heterocycles. The van der Waals surface area contributed by atoms with E-state index in [1.54, 1.807) is 12.1 Å². The van der Waals surface area contributed by atoms with Crippen LogP contribution >= 0.6 is 0 Å². The van der Waals surface area contributed by atoms with E-state index >= 15 is 0 Å². The van der Waals surface area contributed by atoms with Crippen molar-refractivity contribution in [3.05, 3.63) is 59.2 Å². The van der Waals surface area contributed by atoms with Gasteiger partial charge in [-0.1, -0.05) is 17.2 Å². The van der Waals surface area contributed by atoms with Gasteiger partial charge >= 0.3 is 6.36 Å². The first kappa shape index (κ1) is 15.9. The number of ether oxygens (including phenoxy) is 1. The lowest BCUT2D eigenvalue weighted by Crippen LogP contribution is -2.17. The number of carbonyl (C=O) groups is 1. The van der Waals surface area contributed by atoms with Crippen LogP contribution in [-0.2, 0) is 0 Å². The number of anilines is 1. The van der Waals surface area contributed by atoms with Crippen LogP contribution in [0, 0.1) is 13.8 Å². The second-order valence-electron chi connectivity index (χ2n) is 4.90. The third kappa shape index (κ3) is 4.51. The largest absolute Gasteiger partial charge is 0.573 e. The molecular weight excluding hydrogens is 295 g/mol. The Labute approximate surface area is 125 Å². The molecule has 0 spiro atoms. The molecule has 6 heteroatoms. The zero-order valence-corrected chi connectivity index (χ0v) is 12.0. The van der Waals surface area contributed by atoms with Gasteiger partial charge in [0.15, 0.2) is 0 Å². The zero-order chi connectivity index (χ0) is 16.3. The van der Waals surface area contributed by atoms with E-state index < -0.39 is 6.36 Å². The summed E-state index contributed by atoms with van der Waals surface area (Å²) in [5.74, 6) is -0.659. The Kier molecular flexibility index (Phi) is 4.40. The lowest BCUT2D eigenvalue weighted by molar-refractivity contribution is -0.274. The first-order valence-electron chi connectivity index (χ1n) is 6.48. The Hall–Kier alpha value is -2.50. The van der Waals surface area contributed by atoms with Gasteiger partial charge in [-0.3, -0.25) is 4.79 Å². The Bertz CT molecular complexity index is 659. The van der Waals surface area contributed by atoms with Gasteiger partial charge in [-0.05, 0) is 50.2 Å². The van der Waals surface area contributed by atoms with Gasteiger partial charge in [-0.2, -0.15) is 0 Å². The van der Waals surface area contributed by atoms with Crippen molar-refractivity contribution in [2.24, 2.45) is 0 Å². The van der Waals surface area contributed by atoms with Gasteiger partial charge in [0.25, 0.3) is 5.91 Å². The Morgan fingerprint density at radius 3 is 2.05 bits per heavy atom. The van der Waals surface area contributed by atoms with Crippen molar-refractivity contribution in [2.45, 2.75) is 20.2 Å². The molecule has 2 aromatic rings. The molecule has 0 bridgehead atoms. The van der Waals surface area contributed by atoms with Crippen molar-refractivity contribution in [3.63, 3.8) is 0 Å². The number of halogens is 3. The molecule has 0 aromatic heterocycles. The molecule has 3 nitrogen and oxygen atoms in total. The lowest BCUT2D eigenvalue weighted by Gasteiger charge is -2.10. The Morgan fingerprint density at radius 1 is 1.00 bits per heavy atom. The first-order chi connectivity index (χ1) is 10.2. The highest BCUT2D eigenvalue weighted by molar-refractivity contribution is 6.04. The molecule has 0 atom stereocenters. The summed E-state index contributed by atoms with van der Waals surface area (Å²) in [6.45, 7) is 3.76. The van der Waals surface area contributed by atoms with Crippen LogP contribution in [0.2, 0.25) is 0 Å². The van der Waals surface area contributed by atoms with Crippen molar-refractivity contribution in [3.8, 4) is 5.75 Å². The highest BCUT2D eigenvalue weighted by Crippen LogP contribution is 2.24. The predicted octanol–water partition coefficient (Wildman–Crippen LogP) is 4.45. The third-order valence-electron chi connectivity index (χ3n) is 2.83. The predicted molar refractivity (Wildman–Crippen MR) is 77.0 cm³/mol. The average molecular weight is 309 g/mol. The van der Waals surface area contributed by atoms with Crippen LogP contribution in [0.1, 0.15) is 21.5 Å². The highest BCUT2D eigenvalue weighted by atomic mass is 19.4. The van der Waals surface area contributed by atoms with E-state index in [0.717, 1.165) is 23.3 Å². The second-order valence-corrected chi connectivity index (χ2v) is 4.90. The third-order valence-corrected chi connectivity index (χ3v) is 2.83. The number of aryl methyl sites for hydroxylation is 2. The van der Waals surface area contributed by atoms with E-state index in [4.69, 9.17) is 0 Å². The molecule has 0 aliphatic rings. The quantitative estimate of drug-likeness (QED) is 0.909. The van der Waals surface area contributed by atoms with Crippen molar-refractivity contribution in [1.82, 2.24) is 0 Å². The smallest absolute Gasteiger partial charge is 0.406 e. The normalized spacial score (nSPS) is 11.1. The monoisotopic (exact) mass is 309 g/mol. The van der Waals surface area contributed by atoms with Crippen LogP contribution in [0.4, 0.5) is 18.9 Å². The number of amides is 1. The first-order valence-corrected chi connectivity index (χ1v) is 6.48. The molecule has 2 rings (SSSR count). The molecule has 0 fully saturated rings. The minimum Gasteiger partial charge on any atom is -0.406 e. The van der Waals surface area contributed by atoms with Crippen LogP contribution in [0.15, 0.2) is 42.5 Å². The molecule has 22 heavy (non-hydrogen) atoms. The summed E-state index contributed by atoms with van der Waals surface area (Å²) in [4.78, 5) is 12.1. The number of alkyl halides is 3. The van der Waals surface area contributed by atoms with E-state index in [-0.39, 0.29) is 11.7 Å². The molecule has 0 saturated carbocycles. The summed E-state index contributed by atoms with van der Waals surface area (Å²) in [6, 6.07) is 10.4. The van der Waals surface area contributed by atoms with Crippen molar-refractivity contribution in [2.75, 3.05) is 5.32 Å². The summed E-state index contributed by atoms with van der Waals surface area (Å²) in [5.41, 5.74) is 2.80. The fourth-order valence-corrected chi connectivity index (χ4v) is 2.05. The number of benzene rings is 2. The zero-order valence-electron chi connectivity index (χ0n) is 12.0. The van der Waals surface area contributed by atoms with Gasteiger partial charge in [0.05, 0.1) is 0 Å². The number of carbonyl (C=O) groups excluding carboxylic acids is 1. The highest BCUT2D eigenvalue weighted by Gasteiger charge is 2.30. The Balaban J connectivity index is 2.08. The molecule has 0 radical (unpaired) electrons. The topological polar surface area (TPSA) is 38.3 Å². The molecule has 0 unspecified atom stereocenters. The molecule has 116 valence electrons. The van der Waals surface area contributed by atoms with Crippen LogP contribution in [-0.4, -0.2) is 12.3 Å². The van der Waals surface area contributed by atoms with Gasteiger partial charge in [-0.25, -0.2) is 0 Å². The molecular formula is C16H14F3NO2. The standard InChI is InChI=1S/C16H14F3NO2/c1-10-7-11(2)9-12(8-10)15(21)20-13-3-5-14(6-4-13)22-16(17,18)19/h3-9H,1-2H3,(H,20,21). The van der Waals surface area contributed by atoms with Gasteiger partial charge in [0.1, 0.15) is 5.75 Å². The van der Waals surface area contributed by atoms with E-state index in [1.165, 1.54) is 12.1 Å². The van der Waals surface area contributed by atoms with Gasteiger partial charge in [0, 0.05) is 11.3 Å². The van der Waals surface area contributed by atoms with Gasteiger partial charge in [-0.15, -0.1) is 13.2 Å². The second kappa shape index (κ2) is 6.09. The minimum atomic E-state index is -4.73. The summed E-state index contributed by atoms with van der Waals surface area (Å²) >= 11 is 0. The van der Waals surface area contributed by atoms with Crippen LogP contribution in [0.5, 0.6) is 5.75 Å². The number of rotatable bonds is 3. The molecule has 0 aliphatic heterocycles.